The van der Waals surface area contributed by atoms with E-state index in [2.05, 4.69) is 12.2 Å². The summed E-state index contributed by atoms with van der Waals surface area (Å²) in [6, 6.07) is 7.76. The van der Waals surface area contributed by atoms with Crippen LogP contribution in [0.4, 0.5) is 0 Å². The second-order valence-electron chi connectivity index (χ2n) is 6.69. The molecule has 3 heteroatoms. The zero-order valence-electron chi connectivity index (χ0n) is 13.8. The Morgan fingerprint density at radius 1 is 1.30 bits per heavy atom. The summed E-state index contributed by atoms with van der Waals surface area (Å²) in [5.74, 6) is 0.937. The van der Waals surface area contributed by atoms with Crippen LogP contribution in [0.5, 0.6) is 5.75 Å². The number of ether oxygens (including phenoxy) is 1. The molecule has 0 radical (unpaired) electrons. The van der Waals surface area contributed by atoms with Gasteiger partial charge in [0, 0.05) is 19.2 Å². The van der Waals surface area contributed by atoms with E-state index in [1.807, 2.05) is 35.2 Å². The molecule has 0 bridgehead atoms. The van der Waals surface area contributed by atoms with Crippen molar-refractivity contribution in [3.8, 4) is 5.75 Å². The Bertz CT molecular complexity index is 620. The highest BCUT2D eigenvalue weighted by atomic mass is 16.5. The number of nitrogens with zero attached hydrogens (tertiary/aromatic N) is 1. The topological polar surface area (TPSA) is 29.5 Å². The van der Waals surface area contributed by atoms with Gasteiger partial charge in [0.15, 0.2) is 0 Å². The Morgan fingerprint density at radius 3 is 3.00 bits per heavy atom. The lowest BCUT2D eigenvalue weighted by Gasteiger charge is -2.43. The maximum Gasteiger partial charge on any atom is 0.246 e. The number of piperidine rings is 1. The highest BCUT2D eigenvalue weighted by Gasteiger charge is 2.36. The maximum atomic E-state index is 12.5. The van der Waals surface area contributed by atoms with E-state index in [0.29, 0.717) is 5.41 Å². The van der Waals surface area contributed by atoms with E-state index in [9.17, 15) is 4.79 Å². The van der Waals surface area contributed by atoms with Crippen molar-refractivity contribution < 1.29 is 9.53 Å². The highest BCUT2D eigenvalue weighted by Crippen LogP contribution is 2.40. The van der Waals surface area contributed by atoms with Crippen LogP contribution in [0.1, 0.15) is 37.7 Å². The van der Waals surface area contributed by atoms with Crippen LogP contribution in [-0.2, 0) is 4.79 Å². The number of rotatable bonds is 3. The molecule has 1 spiro atoms. The molecular weight excluding hydrogens is 286 g/mol. The summed E-state index contributed by atoms with van der Waals surface area (Å²) < 4.78 is 5.22. The standard InChI is InChI=1S/C20H25NO2/c1-23-18-8-5-7-17(15-18)9-10-19(22)21-14-6-13-20(16-21)11-3-2-4-12-20/h2-3,5,7-10,15H,4,6,11-14,16H2,1H3/b10-9+. The van der Waals surface area contributed by atoms with Gasteiger partial charge in [-0.3, -0.25) is 4.79 Å². The quantitative estimate of drug-likeness (QED) is 0.622. The number of benzene rings is 1. The highest BCUT2D eigenvalue weighted by molar-refractivity contribution is 5.91. The molecule has 0 saturated carbocycles. The van der Waals surface area contributed by atoms with Gasteiger partial charge in [-0.2, -0.15) is 0 Å². The van der Waals surface area contributed by atoms with Gasteiger partial charge in [0.25, 0.3) is 0 Å². The number of carbonyl (C=O) groups excluding carboxylic acids is 1. The lowest BCUT2D eigenvalue weighted by atomic mass is 9.71. The minimum Gasteiger partial charge on any atom is -0.497 e. The van der Waals surface area contributed by atoms with E-state index < -0.39 is 0 Å². The van der Waals surface area contributed by atoms with E-state index >= 15 is 0 Å². The molecule has 1 aliphatic carbocycles. The molecule has 1 heterocycles. The van der Waals surface area contributed by atoms with Gasteiger partial charge in [-0.1, -0.05) is 24.3 Å². The van der Waals surface area contributed by atoms with Crippen LogP contribution >= 0.6 is 0 Å². The minimum absolute atomic E-state index is 0.126. The van der Waals surface area contributed by atoms with Crippen molar-refractivity contribution in [3.63, 3.8) is 0 Å². The first-order chi connectivity index (χ1) is 11.2. The first-order valence-corrected chi connectivity index (χ1v) is 8.47. The van der Waals surface area contributed by atoms with Gasteiger partial charge >= 0.3 is 0 Å². The molecule has 0 aromatic heterocycles. The Labute approximate surface area is 138 Å². The molecule has 2 aliphatic rings. The van der Waals surface area contributed by atoms with Gasteiger partial charge in [-0.05, 0) is 61.3 Å². The summed E-state index contributed by atoms with van der Waals surface area (Å²) in [5, 5.41) is 0. The lowest BCUT2D eigenvalue weighted by Crippen LogP contribution is -2.45. The Hall–Kier alpha value is -2.03. The van der Waals surface area contributed by atoms with Crippen LogP contribution in [0.3, 0.4) is 0 Å². The molecule has 1 amide bonds. The van der Waals surface area contributed by atoms with Crippen molar-refractivity contribution in [2.45, 2.75) is 32.1 Å². The van der Waals surface area contributed by atoms with Crippen molar-refractivity contribution in [1.82, 2.24) is 4.90 Å². The molecule has 1 aromatic rings. The number of allylic oxidation sites excluding steroid dienone is 2. The molecule has 1 aliphatic heterocycles. The molecule has 3 nitrogen and oxygen atoms in total. The lowest BCUT2D eigenvalue weighted by molar-refractivity contribution is -0.129. The molecule has 1 fully saturated rings. The van der Waals surface area contributed by atoms with Crippen molar-refractivity contribution in [2.75, 3.05) is 20.2 Å². The van der Waals surface area contributed by atoms with E-state index in [-0.39, 0.29) is 5.91 Å². The van der Waals surface area contributed by atoms with Crippen molar-refractivity contribution in [2.24, 2.45) is 5.41 Å². The van der Waals surface area contributed by atoms with Gasteiger partial charge in [-0.15, -0.1) is 0 Å². The average Bonchev–Trinajstić information content (AvgIpc) is 2.60. The van der Waals surface area contributed by atoms with Crippen molar-refractivity contribution in [1.29, 1.82) is 0 Å². The van der Waals surface area contributed by atoms with E-state index in [1.54, 1.807) is 13.2 Å². The third-order valence-corrected chi connectivity index (χ3v) is 5.04. The van der Waals surface area contributed by atoms with Gasteiger partial charge in [0.05, 0.1) is 7.11 Å². The van der Waals surface area contributed by atoms with Crippen LogP contribution in [0.2, 0.25) is 0 Å². The summed E-state index contributed by atoms with van der Waals surface area (Å²) in [6.07, 6.45) is 14.0. The number of carbonyl (C=O) groups is 1. The summed E-state index contributed by atoms with van der Waals surface area (Å²) in [6.45, 7) is 1.78. The largest absolute Gasteiger partial charge is 0.497 e. The summed E-state index contributed by atoms with van der Waals surface area (Å²) in [4.78, 5) is 14.6. The number of hydrogen-bond donors (Lipinski definition) is 0. The first kappa shape index (κ1) is 15.9. The predicted molar refractivity (Wildman–Crippen MR) is 93.3 cm³/mol. The number of hydrogen-bond acceptors (Lipinski definition) is 2. The van der Waals surface area contributed by atoms with E-state index in [0.717, 1.165) is 43.7 Å². The fourth-order valence-corrected chi connectivity index (χ4v) is 3.73. The fraction of sp³-hybridized carbons (Fsp3) is 0.450. The molecular formula is C20H25NO2. The first-order valence-electron chi connectivity index (χ1n) is 8.47. The third-order valence-electron chi connectivity index (χ3n) is 5.04. The monoisotopic (exact) mass is 311 g/mol. The smallest absolute Gasteiger partial charge is 0.246 e. The molecule has 0 N–H and O–H groups in total. The fourth-order valence-electron chi connectivity index (χ4n) is 3.73. The average molecular weight is 311 g/mol. The van der Waals surface area contributed by atoms with Crippen LogP contribution in [0, 0.1) is 5.41 Å². The zero-order chi connectivity index (χ0) is 16.1. The summed E-state index contributed by atoms with van der Waals surface area (Å²) in [5.41, 5.74) is 1.32. The summed E-state index contributed by atoms with van der Waals surface area (Å²) >= 11 is 0. The molecule has 1 unspecified atom stereocenters. The SMILES string of the molecule is COc1cccc(/C=C/C(=O)N2CCCC3(CC=CCC3)C2)c1. The second kappa shape index (κ2) is 7.03. The zero-order valence-corrected chi connectivity index (χ0v) is 13.8. The molecule has 23 heavy (non-hydrogen) atoms. The van der Waals surface area contributed by atoms with Crippen molar-refractivity contribution >= 4 is 12.0 Å². The molecule has 1 aromatic carbocycles. The number of likely N-dealkylation sites (tertiary alicyclic amines) is 1. The van der Waals surface area contributed by atoms with Gasteiger partial charge in [0.1, 0.15) is 5.75 Å². The van der Waals surface area contributed by atoms with Gasteiger partial charge in [0.2, 0.25) is 5.91 Å². The van der Waals surface area contributed by atoms with E-state index in [4.69, 9.17) is 4.74 Å². The Kier molecular flexibility index (Phi) is 4.85. The van der Waals surface area contributed by atoms with Crippen LogP contribution in [-0.4, -0.2) is 31.0 Å². The van der Waals surface area contributed by atoms with Gasteiger partial charge < -0.3 is 9.64 Å². The number of methoxy groups -OCH3 is 1. The van der Waals surface area contributed by atoms with Crippen LogP contribution in [0.15, 0.2) is 42.5 Å². The maximum absolute atomic E-state index is 12.5. The second-order valence-corrected chi connectivity index (χ2v) is 6.69. The Morgan fingerprint density at radius 2 is 2.22 bits per heavy atom. The van der Waals surface area contributed by atoms with Crippen LogP contribution < -0.4 is 4.74 Å². The normalized spacial score (nSPS) is 24.3. The molecule has 3 rings (SSSR count). The summed E-state index contributed by atoms with van der Waals surface area (Å²) in [7, 11) is 1.65. The van der Waals surface area contributed by atoms with Crippen molar-refractivity contribution in [3.05, 3.63) is 48.1 Å². The predicted octanol–water partition coefficient (Wildman–Crippen LogP) is 4.06. The van der Waals surface area contributed by atoms with Crippen LogP contribution in [0.25, 0.3) is 6.08 Å². The van der Waals surface area contributed by atoms with Gasteiger partial charge in [-0.25, -0.2) is 0 Å². The molecule has 1 atom stereocenters. The third kappa shape index (κ3) is 3.84. The minimum atomic E-state index is 0.126. The van der Waals surface area contributed by atoms with E-state index in [1.165, 1.54) is 12.8 Å². The Balaban J connectivity index is 1.65. The number of amides is 1. The molecule has 1 saturated heterocycles. The molecule has 122 valence electrons.